The van der Waals surface area contributed by atoms with Gasteiger partial charge in [0.15, 0.2) is 0 Å². The number of nitrogens with zero attached hydrogens (tertiary/aromatic N) is 2. The van der Waals surface area contributed by atoms with Gasteiger partial charge in [-0.05, 0) is 43.8 Å². The molecule has 3 rings (SSSR count). The van der Waals surface area contributed by atoms with E-state index < -0.39 is 0 Å². The number of hydrogen-bond donors (Lipinski definition) is 1. The first kappa shape index (κ1) is 14.3. The lowest BCUT2D eigenvalue weighted by atomic mass is 10.2. The van der Waals surface area contributed by atoms with Crippen LogP contribution in [0.25, 0.3) is 11.0 Å². The standard InChI is InChI=1S/C17H21N3S/c1-3-20-16-9-5-4-8-15(16)19-17(20)12-18-13(2)11-14-7-6-10-21-14/h4-10,13,18H,3,11-12H2,1-2H3/t13-/m1/s1. The Labute approximate surface area is 129 Å². The number of hydrogen-bond acceptors (Lipinski definition) is 3. The van der Waals surface area contributed by atoms with Crippen molar-refractivity contribution >= 4 is 22.4 Å². The van der Waals surface area contributed by atoms with Gasteiger partial charge in [-0.2, -0.15) is 0 Å². The number of imidazole rings is 1. The molecule has 0 aliphatic rings. The number of nitrogens with one attached hydrogen (secondary N) is 1. The summed E-state index contributed by atoms with van der Waals surface area (Å²) >= 11 is 1.82. The first-order chi connectivity index (χ1) is 10.3. The quantitative estimate of drug-likeness (QED) is 0.749. The number of benzene rings is 1. The maximum absolute atomic E-state index is 4.76. The Bertz CT molecular complexity index is 700. The van der Waals surface area contributed by atoms with E-state index in [9.17, 15) is 0 Å². The third kappa shape index (κ3) is 3.17. The smallest absolute Gasteiger partial charge is 0.123 e. The molecule has 3 aromatic rings. The number of fused-ring (bicyclic) bond motifs is 1. The van der Waals surface area contributed by atoms with Crippen molar-refractivity contribution in [3.8, 4) is 0 Å². The average molecular weight is 299 g/mol. The molecule has 21 heavy (non-hydrogen) atoms. The second-order valence-corrected chi connectivity index (χ2v) is 6.36. The highest BCUT2D eigenvalue weighted by molar-refractivity contribution is 7.09. The Morgan fingerprint density at radius 3 is 2.86 bits per heavy atom. The van der Waals surface area contributed by atoms with Crippen LogP contribution in [0.4, 0.5) is 0 Å². The molecule has 1 N–H and O–H groups in total. The highest BCUT2D eigenvalue weighted by Crippen LogP contribution is 2.16. The highest BCUT2D eigenvalue weighted by atomic mass is 32.1. The molecule has 0 aliphatic heterocycles. The summed E-state index contributed by atoms with van der Waals surface area (Å²) in [5.74, 6) is 1.12. The van der Waals surface area contributed by atoms with Crippen molar-refractivity contribution in [2.24, 2.45) is 0 Å². The number of aryl methyl sites for hydroxylation is 1. The summed E-state index contributed by atoms with van der Waals surface area (Å²) in [4.78, 5) is 6.19. The van der Waals surface area contributed by atoms with Gasteiger partial charge in [0, 0.05) is 17.5 Å². The highest BCUT2D eigenvalue weighted by Gasteiger charge is 2.10. The summed E-state index contributed by atoms with van der Waals surface area (Å²) in [6, 6.07) is 13.1. The number of para-hydroxylation sites is 2. The normalized spacial score (nSPS) is 12.9. The molecule has 0 bridgehead atoms. The van der Waals surface area contributed by atoms with E-state index in [0.717, 1.165) is 30.9 Å². The molecule has 1 aromatic carbocycles. The molecule has 0 radical (unpaired) electrons. The Morgan fingerprint density at radius 2 is 2.10 bits per heavy atom. The van der Waals surface area contributed by atoms with Crippen LogP contribution in [0.15, 0.2) is 41.8 Å². The van der Waals surface area contributed by atoms with E-state index in [2.05, 4.69) is 59.4 Å². The molecule has 2 heterocycles. The van der Waals surface area contributed by atoms with Crippen molar-refractivity contribution in [3.63, 3.8) is 0 Å². The van der Waals surface area contributed by atoms with Crippen LogP contribution >= 0.6 is 11.3 Å². The van der Waals surface area contributed by atoms with Gasteiger partial charge < -0.3 is 9.88 Å². The molecular weight excluding hydrogens is 278 g/mol. The van der Waals surface area contributed by atoms with Crippen LogP contribution in [0.3, 0.4) is 0 Å². The lowest BCUT2D eigenvalue weighted by Crippen LogP contribution is -2.28. The van der Waals surface area contributed by atoms with Gasteiger partial charge in [0.1, 0.15) is 5.82 Å². The monoisotopic (exact) mass is 299 g/mol. The Kier molecular flexibility index (Phi) is 4.36. The molecule has 0 saturated heterocycles. The van der Waals surface area contributed by atoms with E-state index in [-0.39, 0.29) is 0 Å². The first-order valence-corrected chi connectivity index (χ1v) is 8.35. The van der Waals surface area contributed by atoms with Gasteiger partial charge in [0.25, 0.3) is 0 Å². The predicted molar refractivity (Wildman–Crippen MR) is 89.7 cm³/mol. The van der Waals surface area contributed by atoms with Crippen LogP contribution in [-0.2, 0) is 19.5 Å². The molecule has 0 spiro atoms. The van der Waals surface area contributed by atoms with E-state index in [1.54, 1.807) is 0 Å². The fraction of sp³-hybridized carbons (Fsp3) is 0.353. The summed E-state index contributed by atoms with van der Waals surface area (Å²) in [6.07, 6.45) is 1.07. The minimum atomic E-state index is 0.453. The third-order valence-electron chi connectivity index (χ3n) is 3.75. The molecule has 2 aromatic heterocycles. The SMILES string of the molecule is CCn1c(CN[C@H](C)Cc2cccs2)nc2ccccc21. The van der Waals surface area contributed by atoms with E-state index in [1.807, 2.05) is 17.4 Å². The number of aromatic nitrogens is 2. The van der Waals surface area contributed by atoms with Crippen molar-refractivity contribution in [1.29, 1.82) is 0 Å². The van der Waals surface area contributed by atoms with Gasteiger partial charge in [0.05, 0.1) is 17.6 Å². The van der Waals surface area contributed by atoms with Crippen molar-refractivity contribution in [3.05, 3.63) is 52.5 Å². The van der Waals surface area contributed by atoms with Gasteiger partial charge in [-0.25, -0.2) is 4.98 Å². The van der Waals surface area contributed by atoms with Gasteiger partial charge >= 0.3 is 0 Å². The molecule has 110 valence electrons. The lowest BCUT2D eigenvalue weighted by Gasteiger charge is -2.13. The van der Waals surface area contributed by atoms with Crippen molar-refractivity contribution in [2.45, 2.75) is 39.4 Å². The summed E-state index contributed by atoms with van der Waals surface area (Å²) in [5, 5.41) is 5.73. The Morgan fingerprint density at radius 1 is 1.24 bits per heavy atom. The van der Waals surface area contributed by atoms with Gasteiger partial charge in [0.2, 0.25) is 0 Å². The zero-order valence-corrected chi connectivity index (χ0v) is 13.4. The molecule has 0 fully saturated rings. The first-order valence-electron chi connectivity index (χ1n) is 7.48. The van der Waals surface area contributed by atoms with Crippen LogP contribution in [-0.4, -0.2) is 15.6 Å². The van der Waals surface area contributed by atoms with E-state index in [4.69, 9.17) is 4.98 Å². The largest absolute Gasteiger partial charge is 0.327 e. The maximum atomic E-state index is 4.76. The summed E-state index contributed by atoms with van der Waals surface area (Å²) in [7, 11) is 0. The minimum absolute atomic E-state index is 0.453. The fourth-order valence-corrected chi connectivity index (χ4v) is 3.52. The second kappa shape index (κ2) is 6.41. The van der Waals surface area contributed by atoms with Gasteiger partial charge in [-0.1, -0.05) is 18.2 Å². The Hall–Kier alpha value is -1.65. The van der Waals surface area contributed by atoms with Crippen molar-refractivity contribution in [1.82, 2.24) is 14.9 Å². The van der Waals surface area contributed by atoms with Crippen LogP contribution in [0.5, 0.6) is 0 Å². The lowest BCUT2D eigenvalue weighted by molar-refractivity contribution is 0.524. The average Bonchev–Trinajstić information content (AvgIpc) is 3.11. The number of rotatable bonds is 6. The van der Waals surface area contributed by atoms with Crippen LogP contribution in [0, 0.1) is 0 Å². The van der Waals surface area contributed by atoms with E-state index in [1.165, 1.54) is 10.4 Å². The minimum Gasteiger partial charge on any atom is -0.327 e. The molecule has 0 unspecified atom stereocenters. The molecule has 0 saturated carbocycles. The van der Waals surface area contributed by atoms with Gasteiger partial charge in [-0.15, -0.1) is 11.3 Å². The maximum Gasteiger partial charge on any atom is 0.123 e. The third-order valence-corrected chi connectivity index (χ3v) is 4.64. The Balaban J connectivity index is 1.70. The van der Waals surface area contributed by atoms with Crippen molar-refractivity contribution in [2.75, 3.05) is 0 Å². The van der Waals surface area contributed by atoms with Crippen LogP contribution in [0.1, 0.15) is 24.5 Å². The van der Waals surface area contributed by atoms with Crippen molar-refractivity contribution < 1.29 is 0 Å². The van der Waals surface area contributed by atoms with Crippen LogP contribution < -0.4 is 5.32 Å². The zero-order valence-electron chi connectivity index (χ0n) is 12.5. The molecule has 4 heteroatoms. The van der Waals surface area contributed by atoms with Crippen LogP contribution in [0.2, 0.25) is 0 Å². The van der Waals surface area contributed by atoms with E-state index in [0.29, 0.717) is 6.04 Å². The second-order valence-electron chi connectivity index (χ2n) is 5.33. The van der Waals surface area contributed by atoms with E-state index >= 15 is 0 Å². The molecule has 0 aliphatic carbocycles. The molecular formula is C17H21N3S. The molecule has 1 atom stereocenters. The summed E-state index contributed by atoms with van der Waals surface area (Å²) < 4.78 is 2.29. The summed E-state index contributed by atoms with van der Waals surface area (Å²) in [6.45, 7) is 6.18. The number of thiophene rings is 1. The van der Waals surface area contributed by atoms with Gasteiger partial charge in [-0.3, -0.25) is 0 Å². The molecule has 3 nitrogen and oxygen atoms in total. The topological polar surface area (TPSA) is 29.9 Å². The predicted octanol–water partition coefficient (Wildman–Crippen LogP) is 3.84. The molecule has 0 amide bonds. The fourth-order valence-electron chi connectivity index (χ4n) is 2.68. The zero-order chi connectivity index (χ0) is 14.7. The summed E-state index contributed by atoms with van der Waals surface area (Å²) in [5.41, 5.74) is 2.31.